The number of allylic oxidation sites excluding steroid dienone is 2. The number of carbonyl (C=O) groups excluding carboxylic acids is 8. The van der Waals surface area contributed by atoms with Gasteiger partial charge in [-0.05, 0) is 204 Å². The Morgan fingerprint density at radius 1 is 0.563 bits per heavy atom. The van der Waals surface area contributed by atoms with Crippen LogP contribution in [0.3, 0.4) is 0 Å². The summed E-state index contributed by atoms with van der Waals surface area (Å²) in [5.41, 5.74) is 9.86. The third-order valence-corrected chi connectivity index (χ3v) is 25.4. The van der Waals surface area contributed by atoms with Crippen molar-refractivity contribution in [3.8, 4) is 0 Å². The summed E-state index contributed by atoms with van der Waals surface area (Å²) in [6, 6.07) is 32.0. The van der Waals surface area contributed by atoms with E-state index in [1.54, 1.807) is 25.5 Å². The van der Waals surface area contributed by atoms with E-state index in [0.29, 0.717) is 69.7 Å². The Balaban J connectivity index is -0.00000145. The van der Waals surface area contributed by atoms with Gasteiger partial charge in [0.05, 0.1) is 64.2 Å². The summed E-state index contributed by atoms with van der Waals surface area (Å²) in [4.78, 5) is 110. The zero-order chi connectivity index (χ0) is 88.2. The van der Waals surface area contributed by atoms with Crippen LogP contribution in [0.2, 0.25) is 0 Å². The predicted molar refractivity (Wildman–Crippen MR) is 556 cm³/mol. The number of aliphatic imine (C=N–C) groups is 2. The number of carboxylic acids is 2. The summed E-state index contributed by atoms with van der Waals surface area (Å²) >= 11 is 3.38. The molecule has 0 bridgehead atoms. The number of Topliss-reactive ketones (excluding diaryl/α,β-unsaturated/α-hetero) is 1. The number of hydrogen-bond donors (Lipinski definition) is 4. The quantitative estimate of drug-likeness (QED) is 0.0190. The van der Waals surface area contributed by atoms with Crippen molar-refractivity contribution < 1.29 is 123 Å². The van der Waals surface area contributed by atoms with Crippen LogP contribution in [0.1, 0.15) is 271 Å². The van der Waals surface area contributed by atoms with Crippen molar-refractivity contribution in [1.82, 2.24) is 0 Å². The number of hydrogen-bond acceptors (Lipinski definition) is 23. The summed E-state index contributed by atoms with van der Waals surface area (Å²) in [6.07, 6.45) is 47.4. The number of aliphatic hydroxyl groups excluding tert-OH is 1. The second-order valence-corrected chi connectivity index (χ2v) is 34.9. The average molecular weight is 2130 g/mol. The number of esters is 2. The maximum atomic E-state index is 11.8. The van der Waals surface area contributed by atoms with Crippen molar-refractivity contribution in [2.75, 3.05) is 26.4 Å². The Hall–Kier alpha value is -6.17. The van der Waals surface area contributed by atoms with Crippen molar-refractivity contribution in [2.45, 2.75) is 307 Å². The van der Waals surface area contributed by atoms with Gasteiger partial charge in [0.2, 0.25) is 11.4 Å². The first kappa shape index (κ1) is 133. The number of ketones is 2. The van der Waals surface area contributed by atoms with Crippen LogP contribution in [0.5, 0.6) is 0 Å². The van der Waals surface area contributed by atoms with E-state index in [1.807, 2.05) is 56.4 Å². The topological polar surface area (TPSA) is 365 Å². The summed E-state index contributed by atoms with van der Waals surface area (Å²) < 4.78 is 49.4. The van der Waals surface area contributed by atoms with E-state index in [-0.39, 0.29) is 253 Å². The number of aliphatic carboxylic acids is 2. The number of alkyl halides is 1. The Morgan fingerprint density at radius 3 is 1.40 bits per heavy atom. The minimum Gasteiger partial charge on any atom is -1.00 e. The second kappa shape index (κ2) is 65.0. The van der Waals surface area contributed by atoms with Crippen LogP contribution in [0.15, 0.2) is 162 Å². The third kappa shape index (κ3) is 38.7. The van der Waals surface area contributed by atoms with Gasteiger partial charge in [0.1, 0.15) is 35.5 Å². The van der Waals surface area contributed by atoms with Gasteiger partial charge in [-0.15, -0.1) is 0 Å². The van der Waals surface area contributed by atoms with E-state index >= 15 is 0 Å². The van der Waals surface area contributed by atoms with Crippen molar-refractivity contribution in [3.63, 3.8) is 0 Å². The summed E-state index contributed by atoms with van der Waals surface area (Å²) in [5, 5.41) is 30.1. The van der Waals surface area contributed by atoms with Gasteiger partial charge < -0.3 is 87.1 Å². The number of carboxylic acid groups (broad SMARTS) is 2. The minimum atomic E-state index is -0.880. The molecule has 0 saturated heterocycles. The Kier molecular flexibility index (Phi) is 64.0. The van der Waals surface area contributed by atoms with Crippen LogP contribution < -0.4 is 22.7 Å². The first-order valence-electron chi connectivity index (χ1n) is 43.9. The molecule has 8 fully saturated rings. The number of nitrogens with two attached hydrogens (primary N) is 1. The maximum absolute atomic E-state index is 11.8. The molecule has 17 aliphatic rings. The van der Waals surface area contributed by atoms with Crippen LogP contribution in [0, 0.1) is 41.9 Å². The predicted octanol–water partition coefficient (Wildman–Crippen LogP) is 16.5. The molecule has 10 aliphatic carbocycles. The first-order chi connectivity index (χ1) is 59.5. The largest absolute Gasteiger partial charge is 2.00 e. The molecule has 8 saturated carbocycles. The summed E-state index contributed by atoms with van der Waals surface area (Å²) in [7, 11) is 0. The molecule has 7 aliphatic heterocycles. The molecule has 4 aromatic carbocycles. The third-order valence-electron chi connectivity index (χ3n) is 24.5. The van der Waals surface area contributed by atoms with Gasteiger partial charge in [0.25, 0.3) is 0 Å². The molecule has 25 nitrogen and oxygen atoms in total. The van der Waals surface area contributed by atoms with Crippen LogP contribution in [0.25, 0.3) is 10.8 Å². The SMILES string of the molecule is BrC1CC1.C.C.C.C.CCOC(=O)C(=O)C1CC1.CCOC(=O)[C@@]1(C2CC2)CC=CCO1.CC[C@@]1(C2CC2)CC(=O)C=CO1.CC[C@@]1(C2CC2)CC(O)C=CO1.C[C@H](N)c1cccc2ccccc12.O=C(O)[C@@]1(C2CC2)CC=CCO1.O=C(O)[C@@]1(C2CC2)CCC=CO1.O=C=O.O=C=O.S.S.S.S.S.S.[Br-].[CH-]1CC1.[Mg+2].c1ccc2c(c1)C[C@@H]1OC(CC3=N[C@@H]4c5ccccc5C[C@@H]4O3)=N[C@H]21. The molecule has 21 rings (SSSR count). The van der Waals surface area contributed by atoms with Gasteiger partial charge >= 0.3 is 59.2 Å². The number of halogens is 2. The van der Waals surface area contributed by atoms with Crippen LogP contribution >= 0.6 is 96.9 Å². The fourth-order valence-corrected chi connectivity index (χ4v) is 16.9. The Morgan fingerprint density at radius 2 is 1.00 bits per heavy atom. The van der Waals surface area contributed by atoms with E-state index in [0.717, 1.165) is 107 Å². The molecule has 34 heteroatoms. The molecule has 0 aromatic heterocycles. The average Bonchev–Trinajstić information content (AvgIpc) is 1.60. The van der Waals surface area contributed by atoms with Gasteiger partial charge in [-0.25, -0.2) is 42.0 Å². The molecule has 4 aromatic rings. The van der Waals surface area contributed by atoms with E-state index in [2.05, 4.69) is 120 Å². The fraction of sp³-hybridized carbons (Fsp3) is 0.574. The number of aliphatic hydroxyl groups is 1. The minimum absolute atomic E-state index is 0. The second-order valence-electron chi connectivity index (χ2n) is 33.6. The molecule has 11 atom stereocenters. The molecule has 0 radical (unpaired) electrons. The van der Waals surface area contributed by atoms with Crippen LogP contribution in [-0.2, 0) is 103 Å². The zero-order valence-corrected chi connectivity index (χ0v) is 86.1. The molecule has 0 spiro atoms. The normalized spacial score (nSPS) is 25.7. The Labute approximate surface area is 877 Å². The van der Waals surface area contributed by atoms with Crippen LogP contribution in [-0.4, -0.2) is 175 Å². The molecule has 1 unspecified atom stereocenters. The smallest absolute Gasteiger partial charge is 1.00 e. The van der Waals surface area contributed by atoms with Gasteiger partial charge in [-0.1, -0.05) is 175 Å². The number of rotatable bonds is 17. The Bertz CT molecular complexity index is 4420. The molecule has 0 amide bonds. The number of ether oxygens (including phenoxy) is 9. The molecular formula is C101H149Br2MgN3O22S6. The van der Waals surface area contributed by atoms with Gasteiger partial charge in [-0.3, -0.25) is 9.59 Å². The van der Waals surface area contributed by atoms with Crippen molar-refractivity contribution in [1.29, 1.82) is 0 Å². The zero-order valence-electron chi connectivity index (χ0n) is 75.5. The van der Waals surface area contributed by atoms with E-state index in [9.17, 15) is 33.9 Å². The number of carbonyl (C=O) groups is 6. The number of benzene rings is 4. The molecule has 135 heavy (non-hydrogen) atoms. The number of fused-ring (bicyclic) bond motifs is 7. The van der Waals surface area contributed by atoms with E-state index in [4.69, 9.17) is 83.0 Å². The van der Waals surface area contributed by atoms with E-state index < -0.39 is 34.7 Å². The number of nitrogens with zero attached hydrogens (tertiary/aromatic N) is 2. The first-order valence-corrected chi connectivity index (χ1v) is 44.8. The van der Waals surface area contributed by atoms with E-state index in [1.165, 1.54) is 102 Å². The van der Waals surface area contributed by atoms with Crippen molar-refractivity contribution in [2.24, 2.45) is 51.2 Å². The van der Waals surface area contributed by atoms with Crippen molar-refractivity contribution >= 4 is 190 Å². The molecule has 7 heterocycles. The molecule has 5 N–H and O–H groups in total. The van der Waals surface area contributed by atoms with Crippen molar-refractivity contribution in [3.05, 3.63) is 187 Å². The van der Waals surface area contributed by atoms with Crippen LogP contribution in [0.4, 0.5) is 0 Å². The standard InChI is InChI=1S/C21H18N2O2.C12H13N.C11H16O3.C10H16O2.C10H14O2.2C9H12O3.C7H10O3.C3H5Br.C3H5.2CO2.4CH4.BrH.Mg.6H2S/c1-3-7-14-12(5-1)9-16-20(14)22-18(24-16)11-19-23-21-15-8-4-2-6-13(15)10-17(21)25-19;1-9(13)11-8-4-6-10-5-2-3-7-12(10)11;1-2-13-10(12)11(9-5-6-9)7-3-4-8-14-11;2*1-2-10(8-3-4-8)7-9(11)5-6-12-10;2*10-8(11)9(7-3-4-7)5-1-2-6-12-9;1-2-10-7(9)6(8)5-3-4-5;4-3-1-2-3;1-2-3-1;2*2-1-3;;;;;;;;;;;;/h1-8,16-17,20-21H,9-11H2;2-9H,13H2,1H3;3-4,9H,2,5-8H2,1H3;5-6,8-9,11H,2-4,7H2,1H3;5-6,8H,2-4,7H2,1H3;2,6-7H,1,3-5H2,(H,10,11);1-2,7H,3-6H2,(H,10,11);5H,2-4H2,1H3;3H,1-2H2;1H,2-3H2;;;4*1H4;1H;;6*1H2/q;;;;;;;;;-1;;;;;;;;+2;;;;;;/p-1/t16-,17-,20+,21+;9-;11-;9?,10-;10-;2*9-;;;;;;;;;;;;;;;;;/m0000000................./s1. The van der Waals surface area contributed by atoms with Gasteiger partial charge in [-0.2, -0.15) is 100 Å². The molecular weight excluding hydrogens is 1980 g/mol. The fourth-order valence-electron chi connectivity index (χ4n) is 16.6. The monoisotopic (exact) mass is 2130 g/mol. The summed E-state index contributed by atoms with van der Waals surface area (Å²) in [5.74, 6) is 1.19. The maximum Gasteiger partial charge on any atom is 2.00 e. The summed E-state index contributed by atoms with van der Waals surface area (Å²) in [6.45, 7) is 11.5. The van der Waals surface area contributed by atoms with Gasteiger partial charge in [0, 0.05) is 67.3 Å². The molecule has 752 valence electrons. The van der Waals surface area contributed by atoms with Gasteiger partial charge in [0.15, 0.2) is 28.8 Å².